The number of benzene rings is 1. The zero-order valence-electron chi connectivity index (χ0n) is 11.2. The molecule has 1 aromatic carbocycles. The predicted molar refractivity (Wildman–Crippen MR) is 70.8 cm³/mol. The lowest BCUT2D eigenvalue weighted by atomic mass is 9.85. The van der Waals surface area contributed by atoms with E-state index >= 15 is 0 Å². The zero-order chi connectivity index (χ0) is 13.3. The molecule has 1 heterocycles. The Morgan fingerprint density at radius 2 is 2.00 bits per heavy atom. The summed E-state index contributed by atoms with van der Waals surface area (Å²) >= 11 is 0. The molecule has 18 heavy (non-hydrogen) atoms. The summed E-state index contributed by atoms with van der Waals surface area (Å²) in [5, 5.41) is 0. The van der Waals surface area contributed by atoms with E-state index in [0.717, 1.165) is 11.1 Å². The minimum atomic E-state index is 0.0630. The maximum atomic E-state index is 10.9. The lowest BCUT2D eigenvalue weighted by molar-refractivity contribution is 0.110. The summed E-state index contributed by atoms with van der Waals surface area (Å²) in [6, 6.07) is 6.25. The van der Waals surface area contributed by atoms with Crippen LogP contribution in [0.15, 0.2) is 29.0 Å². The third-order valence-electron chi connectivity index (χ3n) is 3.06. The number of aryl methyl sites for hydroxylation is 1. The van der Waals surface area contributed by atoms with Crippen LogP contribution in [0.5, 0.6) is 0 Å². The van der Waals surface area contributed by atoms with Gasteiger partial charge in [0.15, 0.2) is 18.4 Å². The van der Waals surface area contributed by atoms with Crippen molar-refractivity contribution in [1.82, 2.24) is 4.98 Å². The molecule has 0 aliphatic carbocycles. The van der Waals surface area contributed by atoms with Crippen LogP contribution < -0.4 is 0 Å². The van der Waals surface area contributed by atoms with E-state index in [1.54, 1.807) is 0 Å². The average molecular weight is 243 g/mol. The van der Waals surface area contributed by atoms with Crippen LogP contribution in [0.2, 0.25) is 0 Å². The molecule has 94 valence electrons. The molecular formula is C15H17NO2. The molecule has 0 radical (unpaired) electrons. The average Bonchev–Trinajstić information content (AvgIpc) is 2.76. The van der Waals surface area contributed by atoms with Gasteiger partial charge in [-0.15, -0.1) is 0 Å². The Morgan fingerprint density at radius 3 is 2.61 bits per heavy atom. The molecule has 0 saturated heterocycles. The van der Waals surface area contributed by atoms with Gasteiger partial charge in [0.2, 0.25) is 0 Å². The van der Waals surface area contributed by atoms with Crippen molar-refractivity contribution in [2.24, 2.45) is 0 Å². The van der Waals surface area contributed by atoms with Gasteiger partial charge >= 0.3 is 0 Å². The number of rotatable bonds is 2. The van der Waals surface area contributed by atoms with Crippen LogP contribution in [0.4, 0.5) is 0 Å². The molecule has 1 aromatic heterocycles. The van der Waals surface area contributed by atoms with E-state index in [-0.39, 0.29) is 11.2 Å². The minimum Gasteiger partial charge on any atom is -0.440 e. The van der Waals surface area contributed by atoms with Gasteiger partial charge in [0.1, 0.15) is 5.69 Å². The first-order chi connectivity index (χ1) is 8.43. The number of aldehydes is 1. The second kappa shape index (κ2) is 4.41. The van der Waals surface area contributed by atoms with Gasteiger partial charge < -0.3 is 4.42 Å². The van der Waals surface area contributed by atoms with Crippen molar-refractivity contribution < 1.29 is 9.21 Å². The van der Waals surface area contributed by atoms with E-state index < -0.39 is 0 Å². The normalized spacial score (nSPS) is 11.6. The zero-order valence-corrected chi connectivity index (χ0v) is 11.2. The third kappa shape index (κ3) is 2.21. The maximum Gasteiger partial charge on any atom is 0.194 e. The second-order valence-corrected chi connectivity index (χ2v) is 5.46. The van der Waals surface area contributed by atoms with Crippen molar-refractivity contribution in [3.8, 4) is 11.3 Å². The van der Waals surface area contributed by atoms with Gasteiger partial charge in [-0.3, -0.25) is 4.79 Å². The first-order valence-corrected chi connectivity index (χ1v) is 5.93. The van der Waals surface area contributed by atoms with Crippen LogP contribution in [0.1, 0.15) is 42.5 Å². The number of aromatic nitrogens is 1. The Morgan fingerprint density at radius 1 is 1.28 bits per heavy atom. The molecule has 0 aliphatic heterocycles. The molecule has 2 rings (SSSR count). The highest BCUT2D eigenvalue weighted by molar-refractivity contribution is 5.83. The quantitative estimate of drug-likeness (QED) is 0.754. The van der Waals surface area contributed by atoms with Gasteiger partial charge in [0.05, 0.1) is 0 Å². The van der Waals surface area contributed by atoms with Crippen molar-refractivity contribution >= 4 is 6.29 Å². The van der Waals surface area contributed by atoms with Gasteiger partial charge in [0.25, 0.3) is 0 Å². The van der Waals surface area contributed by atoms with E-state index in [2.05, 4.69) is 44.0 Å². The Bertz CT molecular complexity index is 576. The first-order valence-electron chi connectivity index (χ1n) is 5.93. The largest absolute Gasteiger partial charge is 0.440 e. The fourth-order valence-electron chi connectivity index (χ4n) is 1.88. The lowest BCUT2D eigenvalue weighted by Gasteiger charge is -2.20. The fraction of sp³-hybridized carbons (Fsp3) is 0.333. The van der Waals surface area contributed by atoms with Crippen LogP contribution in [-0.4, -0.2) is 11.3 Å². The van der Waals surface area contributed by atoms with Crippen LogP contribution in [0, 0.1) is 6.92 Å². The van der Waals surface area contributed by atoms with Gasteiger partial charge in [-0.25, -0.2) is 4.98 Å². The van der Waals surface area contributed by atoms with Gasteiger partial charge in [-0.05, 0) is 29.5 Å². The van der Waals surface area contributed by atoms with Crippen molar-refractivity contribution in [1.29, 1.82) is 0 Å². The molecule has 3 heteroatoms. The summed E-state index contributed by atoms with van der Waals surface area (Å²) in [7, 11) is 0. The summed E-state index contributed by atoms with van der Waals surface area (Å²) in [6.07, 6.45) is 2.01. The molecule has 0 amide bonds. The van der Waals surface area contributed by atoms with Crippen LogP contribution in [0.3, 0.4) is 0 Å². The minimum absolute atomic E-state index is 0.0630. The van der Waals surface area contributed by atoms with Gasteiger partial charge in [-0.1, -0.05) is 32.9 Å². The Kier molecular flexibility index (Phi) is 3.07. The topological polar surface area (TPSA) is 43.1 Å². The Labute approximate surface area is 107 Å². The monoisotopic (exact) mass is 243 g/mol. The molecule has 0 saturated carbocycles. The highest BCUT2D eigenvalue weighted by Crippen LogP contribution is 2.30. The number of carbonyl (C=O) groups is 1. The van der Waals surface area contributed by atoms with Crippen molar-refractivity contribution in [2.45, 2.75) is 33.1 Å². The highest BCUT2D eigenvalue weighted by atomic mass is 16.3. The fourth-order valence-corrected chi connectivity index (χ4v) is 1.88. The summed E-state index contributed by atoms with van der Waals surface area (Å²) in [6.45, 7) is 8.48. The molecule has 3 nitrogen and oxygen atoms in total. The summed E-state index contributed by atoms with van der Waals surface area (Å²) in [5.41, 5.74) is 3.93. The van der Waals surface area contributed by atoms with Crippen LogP contribution in [0.25, 0.3) is 11.3 Å². The second-order valence-electron chi connectivity index (χ2n) is 5.46. The number of hydrogen-bond donors (Lipinski definition) is 0. The Hall–Kier alpha value is -1.90. The van der Waals surface area contributed by atoms with E-state index in [9.17, 15) is 4.79 Å². The maximum absolute atomic E-state index is 10.9. The molecule has 0 N–H and O–H groups in total. The molecule has 0 aliphatic rings. The van der Waals surface area contributed by atoms with Gasteiger partial charge in [0, 0.05) is 5.56 Å². The summed E-state index contributed by atoms with van der Waals surface area (Å²) in [4.78, 5) is 15.1. The van der Waals surface area contributed by atoms with E-state index in [0.29, 0.717) is 12.0 Å². The van der Waals surface area contributed by atoms with E-state index in [4.69, 9.17) is 4.42 Å². The van der Waals surface area contributed by atoms with Crippen molar-refractivity contribution in [3.63, 3.8) is 0 Å². The lowest BCUT2D eigenvalue weighted by Crippen LogP contribution is -2.11. The van der Waals surface area contributed by atoms with E-state index in [1.165, 1.54) is 12.0 Å². The van der Waals surface area contributed by atoms with Crippen LogP contribution >= 0.6 is 0 Å². The highest BCUT2D eigenvalue weighted by Gasteiger charge is 2.18. The summed E-state index contributed by atoms with van der Waals surface area (Å²) in [5.74, 6) is 0.282. The van der Waals surface area contributed by atoms with Crippen molar-refractivity contribution in [3.05, 3.63) is 41.5 Å². The predicted octanol–water partition coefficient (Wildman–Crippen LogP) is 3.76. The number of carbonyl (C=O) groups excluding carboxylic acids is 1. The Balaban J connectivity index is 2.60. The third-order valence-corrected chi connectivity index (χ3v) is 3.06. The molecule has 0 unspecified atom stereocenters. The van der Waals surface area contributed by atoms with E-state index in [1.807, 2.05) is 6.92 Å². The SMILES string of the molecule is Cc1ccc(C(C)(C)C)cc1-c1ncoc1C=O. The molecule has 2 aromatic rings. The molecule has 0 atom stereocenters. The molecule has 0 bridgehead atoms. The summed E-state index contributed by atoms with van der Waals surface area (Å²) < 4.78 is 5.07. The smallest absolute Gasteiger partial charge is 0.194 e. The van der Waals surface area contributed by atoms with Crippen LogP contribution in [-0.2, 0) is 5.41 Å². The molecular weight excluding hydrogens is 226 g/mol. The molecule has 0 fully saturated rings. The number of nitrogens with zero attached hydrogens (tertiary/aromatic N) is 1. The van der Waals surface area contributed by atoms with Crippen molar-refractivity contribution in [2.75, 3.05) is 0 Å². The number of hydrogen-bond acceptors (Lipinski definition) is 3. The first kappa shape index (κ1) is 12.6. The number of oxazole rings is 1. The van der Waals surface area contributed by atoms with Gasteiger partial charge in [-0.2, -0.15) is 0 Å². The molecule has 0 spiro atoms. The standard InChI is InChI=1S/C15H17NO2/c1-10-5-6-11(15(2,3)4)7-12(10)14-13(8-17)18-9-16-14/h5-9H,1-4H3.